The summed E-state index contributed by atoms with van der Waals surface area (Å²) in [6.45, 7) is 4.94. The van der Waals surface area contributed by atoms with Crippen LogP contribution in [0.5, 0.6) is 5.75 Å². The van der Waals surface area contributed by atoms with Crippen LogP contribution < -0.4 is 15.4 Å². The van der Waals surface area contributed by atoms with Gasteiger partial charge in [-0.15, -0.1) is 0 Å². The molecule has 5 nitrogen and oxygen atoms in total. The van der Waals surface area contributed by atoms with Crippen LogP contribution >= 0.6 is 0 Å². The second-order valence-electron chi connectivity index (χ2n) is 7.70. The van der Waals surface area contributed by atoms with E-state index in [1.54, 1.807) is 26.4 Å². The Kier molecular flexibility index (Phi) is 6.01. The zero-order chi connectivity index (χ0) is 20.3. The lowest BCUT2D eigenvalue weighted by Gasteiger charge is -2.27. The molecule has 0 radical (unpaired) electrons. The number of nitrogens with one attached hydrogen (secondary N) is 2. The lowest BCUT2D eigenvalue weighted by molar-refractivity contribution is -0.118. The maximum atomic E-state index is 14.6. The van der Waals surface area contributed by atoms with Gasteiger partial charge in [-0.3, -0.25) is 4.79 Å². The summed E-state index contributed by atoms with van der Waals surface area (Å²) >= 11 is 0. The molecule has 1 amide bonds. The van der Waals surface area contributed by atoms with Crippen LogP contribution in [0.1, 0.15) is 36.6 Å². The summed E-state index contributed by atoms with van der Waals surface area (Å²) in [5, 5.41) is 6.07. The predicted octanol–water partition coefficient (Wildman–Crippen LogP) is 3.58. The molecule has 1 atom stereocenters. The molecule has 1 heterocycles. The molecule has 2 aromatic rings. The molecule has 0 saturated carbocycles. The average molecular weight is 386 g/mol. The van der Waals surface area contributed by atoms with Crippen molar-refractivity contribution in [2.24, 2.45) is 0 Å². The summed E-state index contributed by atoms with van der Waals surface area (Å²) in [6.07, 6.45) is 0.828. The van der Waals surface area contributed by atoms with Crippen molar-refractivity contribution in [3.8, 4) is 5.75 Å². The van der Waals surface area contributed by atoms with Crippen molar-refractivity contribution >= 4 is 11.6 Å². The number of fused-ring (bicyclic) bond motifs is 1. The van der Waals surface area contributed by atoms with Crippen LogP contribution in [-0.4, -0.2) is 33.3 Å². The molecule has 0 fully saturated rings. The molecule has 2 N–H and O–H groups in total. The standard InChI is InChI=1S/C22H27FN2O3/c1-22(2,13-27-3)18-8-5-15(12-19(18)23)25-21(26)20-17-7-6-16(28-4)11-14(17)9-10-24-20/h5-8,11-12,20,24H,9-10,13H2,1-4H3,(H,25,26)/t20-/m1/s1. The number of ether oxygens (including phenoxy) is 2. The molecule has 0 bridgehead atoms. The summed E-state index contributed by atoms with van der Waals surface area (Å²) in [5.74, 6) is 0.201. The quantitative estimate of drug-likeness (QED) is 0.797. The van der Waals surface area contributed by atoms with Crippen LogP contribution in [0.4, 0.5) is 10.1 Å². The molecule has 0 saturated heterocycles. The third-order valence-electron chi connectivity index (χ3n) is 5.14. The van der Waals surface area contributed by atoms with E-state index in [9.17, 15) is 9.18 Å². The van der Waals surface area contributed by atoms with Gasteiger partial charge in [0.25, 0.3) is 0 Å². The van der Waals surface area contributed by atoms with Crippen LogP contribution in [0.2, 0.25) is 0 Å². The largest absolute Gasteiger partial charge is 0.497 e. The number of benzene rings is 2. The maximum absolute atomic E-state index is 14.6. The van der Waals surface area contributed by atoms with Crippen molar-refractivity contribution in [1.29, 1.82) is 0 Å². The highest BCUT2D eigenvalue weighted by molar-refractivity contribution is 5.96. The number of carbonyl (C=O) groups excluding carboxylic acids is 1. The van der Waals surface area contributed by atoms with Gasteiger partial charge in [0, 0.05) is 24.8 Å². The molecule has 0 aliphatic carbocycles. The molecule has 150 valence electrons. The van der Waals surface area contributed by atoms with Gasteiger partial charge >= 0.3 is 0 Å². The Morgan fingerprint density at radius 3 is 2.71 bits per heavy atom. The van der Waals surface area contributed by atoms with E-state index in [0.717, 1.165) is 23.3 Å². The molecule has 0 spiro atoms. The molecule has 1 aliphatic heterocycles. The minimum atomic E-state index is -0.484. The van der Waals surface area contributed by atoms with Gasteiger partial charge in [-0.1, -0.05) is 26.0 Å². The van der Waals surface area contributed by atoms with E-state index < -0.39 is 11.5 Å². The van der Waals surface area contributed by atoms with Crippen LogP contribution in [0, 0.1) is 5.82 Å². The average Bonchev–Trinajstić information content (AvgIpc) is 2.66. The topological polar surface area (TPSA) is 59.6 Å². The molecular weight excluding hydrogens is 359 g/mol. The monoisotopic (exact) mass is 386 g/mol. The summed E-state index contributed by atoms with van der Waals surface area (Å²) in [4.78, 5) is 12.8. The fraction of sp³-hybridized carbons (Fsp3) is 0.409. The van der Waals surface area contributed by atoms with Gasteiger partial charge in [-0.05, 0) is 47.4 Å². The van der Waals surface area contributed by atoms with Crippen molar-refractivity contribution < 1.29 is 18.7 Å². The van der Waals surface area contributed by atoms with Crippen LogP contribution in [0.25, 0.3) is 0 Å². The molecule has 2 aromatic carbocycles. The number of hydrogen-bond donors (Lipinski definition) is 2. The minimum absolute atomic E-state index is 0.214. The van der Waals surface area contributed by atoms with Crippen molar-refractivity contribution in [3.05, 3.63) is 58.9 Å². The smallest absolute Gasteiger partial charge is 0.246 e. The molecule has 3 rings (SSSR count). The highest BCUT2D eigenvalue weighted by atomic mass is 19.1. The van der Waals surface area contributed by atoms with Crippen molar-refractivity contribution in [1.82, 2.24) is 5.32 Å². The van der Waals surface area contributed by atoms with E-state index >= 15 is 0 Å². The Hall–Kier alpha value is -2.44. The maximum Gasteiger partial charge on any atom is 0.246 e. The lowest BCUT2D eigenvalue weighted by atomic mass is 9.85. The Balaban J connectivity index is 1.78. The third-order valence-corrected chi connectivity index (χ3v) is 5.14. The van der Waals surface area contributed by atoms with Crippen LogP contribution in [0.3, 0.4) is 0 Å². The van der Waals surface area contributed by atoms with Gasteiger partial charge in [0.2, 0.25) is 5.91 Å². The highest BCUT2D eigenvalue weighted by Crippen LogP contribution is 2.30. The zero-order valence-corrected chi connectivity index (χ0v) is 16.8. The number of rotatable bonds is 6. The summed E-state index contributed by atoms with van der Waals surface area (Å²) in [7, 11) is 3.22. The van der Waals surface area contributed by atoms with Gasteiger partial charge in [0.05, 0.1) is 13.7 Å². The van der Waals surface area contributed by atoms with E-state index in [-0.39, 0.29) is 11.7 Å². The number of halogens is 1. The number of carbonyl (C=O) groups is 1. The van der Waals surface area contributed by atoms with E-state index in [4.69, 9.17) is 9.47 Å². The summed E-state index contributed by atoms with van der Waals surface area (Å²) in [6, 6.07) is 10.0. The minimum Gasteiger partial charge on any atom is -0.497 e. The van der Waals surface area contributed by atoms with E-state index in [2.05, 4.69) is 10.6 Å². The van der Waals surface area contributed by atoms with Gasteiger partial charge in [-0.2, -0.15) is 0 Å². The van der Waals surface area contributed by atoms with E-state index in [1.807, 2.05) is 32.0 Å². The number of hydrogen-bond acceptors (Lipinski definition) is 4. The summed E-state index contributed by atoms with van der Waals surface area (Å²) in [5.41, 5.74) is 2.54. The van der Waals surface area contributed by atoms with Gasteiger partial charge < -0.3 is 20.1 Å². The summed E-state index contributed by atoms with van der Waals surface area (Å²) < 4.78 is 25.1. The van der Waals surface area contributed by atoms with E-state index in [0.29, 0.717) is 24.4 Å². The molecule has 6 heteroatoms. The van der Waals surface area contributed by atoms with Crippen molar-refractivity contribution in [2.45, 2.75) is 31.7 Å². The molecule has 0 aromatic heterocycles. The highest BCUT2D eigenvalue weighted by Gasteiger charge is 2.28. The molecule has 28 heavy (non-hydrogen) atoms. The fourth-order valence-electron chi connectivity index (χ4n) is 3.70. The Bertz CT molecular complexity index is 867. The van der Waals surface area contributed by atoms with Crippen LogP contribution in [-0.2, 0) is 21.4 Å². The van der Waals surface area contributed by atoms with Gasteiger partial charge in [0.15, 0.2) is 0 Å². The van der Waals surface area contributed by atoms with Crippen molar-refractivity contribution in [3.63, 3.8) is 0 Å². The molecular formula is C22H27FN2O3. The number of amides is 1. The molecule has 1 aliphatic rings. The first-order valence-electron chi connectivity index (χ1n) is 9.36. The van der Waals surface area contributed by atoms with Gasteiger partial charge in [-0.25, -0.2) is 4.39 Å². The Morgan fingerprint density at radius 1 is 1.25 bits per heavy atom. The second-order valence-corrected chi connectivity index (χ2v) is 7.70. The van der Waals surface area contributed by atoms with E-state index in [1.165, 1.54) is 6.07 Å². The lowest BCUT2D eigenvalue weighted by Crippen LogP contribution is -2.38. The fourth-order valence-corrected chi connectivity index (χ4v) is 3.70. The SMILES string of the molecule is COCC(C)(C)c1ccc(NC(=O)[C@@H]2NCCc3cc(OC)ccc32)cc1F. The third kappa shape index (κ3) is 4.18. The second kappa shape index (κ2) is 8.29. The predicted molar refractivity (Wildman–Crippen MR) is 107 cm³/mol. The first-order chi connectivity index (χ1) is 13.4. The Morgan fingerprint density at radius 2 is 2.04 bits per heavy atom. The van der Waals surface area contributed by atoms with Crippen LogP contribution in [0.15, 0.2) is 36.4 Å². The van der Waals surface area contributed by atoms with Gasteiger partial charge in [0.1, 0.15) is 17.6 Å². The number of methoxy groups -OCH3 is 2. The molecule has 0 unspecified atom stereocenters. The van der Waals surface area contributed by atoms with Crippen molar-refractivity contribution in [2.75, 3.05) is 32.7 Å². The zero-order valence-electron chi connectivity index (χ0n) is 16.8. The Labute approximate surface area is 165 Å². The number of anilines is 1. The normalized spacial score (nSPS) is 16.4. The first-order valence-corrected chi connectivity index (χ1v) is 9.36. The first kappa shape index (κ1) is 20.3.